The van der Waals surface area contributed by atoms with E-state index < -0.39 is 21.8 Å². The number of hydrogen-bond donors (Lipinski definition) is 2. The van der Waals surface area contributed by atoms with Gasteiger partial charge in [-0.2, -0.15) is 12.7 Å². The van der Waals surface area contributed by atoms with Gasteiger partial charge in [0, 0.05) is 25.8 Å². The predicted octanol–water partition coefficient (Wildman–Crippen LogP) is 1.33. The maximum Gasteiger partial charge on any atom is 0.301 e. The van der Waals surface area contributed by atoms with Crippen LogP contribution in [0.15, 0.2) is 18.2 Å². The van der Waals surface area contributed by atoms with E-state index in [0.717, 1.165) is 24.6 Å². The molecule has 20 heavy (non-hydrogen) atoms. The van der Waals surface area contributed by atoms with Gasteiger partial charge in [-0.1, -0.05) is 0 Å². The third-order valence-electron chi connectivity index (χ3n) is 3.25. The molecule has 112 valence electrons. The number of benzene rings is 1. The zero-order valence-electron chi connectivity index (χ0n) is 10.7. The Kier molecular flexibility index (Phi) is 4.56. The van der Waals surface area contributed by atoms with E-state index >= 15 is 0 Å². The molecule has 1 saturated heterocycles. The highest BCUT2D eigenvalue weighted by Crippen LogP contribution is 2.21. The quantitative estimate of drug-likeness (QED) is 0.881. The van der Waals surface area contributed by atoms with Crippen molar-refractivity contribution in [2.45, 2.75) is 12.8 Å². The summed E-state index contributed by atoms with van der Waals surface area (Å²) >= 11 is 0. The maximum atomic E-state index is 13.1. The minimum atomic E-state index is -3.83. The summed E-state index contributed by atoms with van der Waals surface area (Å²) in [5.41, 5.74) is -0.0324. The third-order valence-corrected chi connectivity index (χ3v) is 4.75. The topological polar surface area (TPSA) is 69.6 Å². The van der Waals surface area contributed by atoms with Crippen LogP contribution in [-0.2, 0) is 10.2 Å². The minimum absolute atomic E-state index is 0.0324. The Hall–Kier alpha value is -1.25. The molecule has 1 atom stereocenters. The van der Waals surface area contributed by atoms with Crippen LogP contribution < -0.4 is 4.72 Å². The summed E-state index contributed by atoms with van der Waals surface area (Å²) in [7, 11) is -3.83. The van der Waals surface area contributed by atoms with Gasteiger partial charge in [-0.25, -0.2) is 8.78 Å². The van der Waals surface area contributed by atoms with Gasteiger partial charge in [0.1, 0.15) is 0 Å². The summed E-state index contributed by atoms with van der Waals surface area (Å²) in [6.07, 6.45) is 1.43. The van der Waals surface area contributed by atoms with Crippen LogP contribution in [0.2, 0.25) is 0 Å². The van der Waals surface area contributed by atoms with E-state index in [1.165, 1.54) is 4.31 Å². The van der Waals surface area contributed by atoms with E-state index in [1.54, 1.807) is 0 Å². The first kappa shape index (κ1) is 15.1. The third kappa shape index (κ3) is 3.44. The lowest BCUT2D eigenvalue weighted by Crippen LogP contribution is -2.43. The second-order valence-electron chi connectivity index (χ2n) is 4.78. The Labute approximate surface area is 116 Å². The molecule has 1 heterocycles. The van der Waals surface area contributed by atoms with Crippen LogP contribution >= 0.6 is 0 Å². The molecule has 1 aromatic carbocycles. The molecule has 1 aromatic rings. The smallest absolute Gasteiger partial charge is 0.301 e. The second kappa shape index (κ2) is 6.02. The molecule has 0 aromatic heterocycles. The maximum absolute atomic E-state index is 13.1. The average Bonchev–Trinajstić information content (AvgIpc) is 2.43. The molecule has 8 heteroatoms. The highest BCUT2D eigenvalue weighted by atomic mass is 32.2. The zero-order valence-corrected chi connectivity index (χ0v) is 11.5. The molecule has 1 fully saturated rings. The summed E-state index contributed by atoms with van der Waals surface area (Å²) in [5, 5.41) is 9.10. The number of hydrogen-bond acceptors (Lipinski definition) is 3. The first-order chi connectivity index (χ1) is 9.42. The van der Waals surface area contributed by atoms with Gasteiger partial charge in [0.05, 0.1) is 5.69 Å². The average molecular weight is 306 g/mol. The van der Waals surface area contributed by atoms with Gasteiger partial charge < -0.3 is 5.11 Å². The van der Waals surface area contributed by atoms with Crippen molar-refractivity contribution in [2.24, 2.45) is 5.92 Å². The standard InChI is InChI=1S/C12H16F2N2O3S/c13-11-4-3-10(6-12(11)14)15-20(18,19)16-5-1-2-9(7-16)8-17/h3-4,6,9,15,17H,1-2,5,7-8H2. The molecule has 1 unspecified atom stereocenters. The summed E-state index contributed by atoms with van der Waals surface area (Å²) in [4.78, 5) is 0. The number of nitrogens with one attached hydrogen (secondary N) is 1. The van der Waals surface area contributed by atoms with Crippen LogP contribution in [0.1, 0.15) is 12.8 Å². The fourth-order valence-electron chi connectivity index (χ4n) is 2.17. The molecule has 2 N–H and O–H groups in total. The first-order valence-electron chi connectivity index (χ1n) is 6.26. The molecule has 0 spiro atoms. The van der Waals surface area contributed by atoms with Crippen LogP contribution in [0.5, 0.6) is 0 Å². The van der Waals surface area contributed by atoms with E-state index in [4.69, 9.17) is 5.11 Å². The van der Waals surface area contributed by atoms with Gasteiger partial charge in [-0.05, 0) is 30.9 Å². The van der Waals surface area contributed by atoms with Gasteiger partial charge >= 0.3 is 10.2 Å². The fourth-order valence-corrected chi connectivity index (χ4v) is 3.50. The Morgan fingerprint density at radius 1 is 1.35 bits per heavy atom. The number of aliphatic hydroxyl groups excluding tert-OH is 1. The van der Waals surface area contributed by atoms with Crippen molar-refractivity contribution < 1.29 is 22.3 Å². The van der Waals surface area contributed by atoms with Crippen molar-refractivity contribution in [2.75, 3.05) is 24.4 Å². The molecule has 0 radical (unpaired) electrons. The lowest BCUT2D eigenvalue weighted by atomic mass is 10.0. The monoisotopic (exact) mass is 306 g/mol. The summed E-state index contributed by atoms with van der Waals surface area (Å²) in [6.45, 7) is 0.488. The Morgan fingerprint density at radius 3 is 2.75 bits per heavy atom. The van der Waals surface area contributed by atoms with Crippen LogP contribution in [0.3, 0.4) is 0 Å². The number of nitrogens with zero attached hydrogens (tertiary/aromatic N) is 1. The SMILES string of the molecule is O=S(=O)(Nc1ccc(F)c(F)c1)N1CCCC(CO)C1. The van der Waals surface area contributed by atoms with E-state index in [9.17, 15) is 17.2 Å². The number of anilines is 1. The van der Waals surface area contributed by atoms with E-state index in [1.807, 2.05) is 0 Å². The molecule has 1 aliphatic rings. The van der Waals surface area contributed by atoms with Gasteiger partial charge in [-0.15, -0.1) is 0 Å². The highest BCUT2D eigenvalue weighted by molar-refractivity contribution is 7.90. The summed E-state index contributed by atoms with van der Waals surface area (Å²) in [6, 6.07) is 2.81. The van der Waals surface area contributed by atoms with Crippen molar-refractivity contribution in [1.29, 1.82) is 0 Å². The van der Waals surface area contributed by atoms with E-state index in [2.05, 4.69) is 4.72 Å². The molecular formula is C12H16F2N2O3S. The van der Waals surface area contributed by atoms with Crippen molar-refractivity contribution >= 4 is 15.9 Å². The molecule has 1 aliphatic heterocycles. The van der Waals surface area contributed by atoms with Crippen molar-refractivity contribution in [3.05, 3.63) is 29.8 Å². The molecule has 0 aliphatic carbocycles. The summed E-state index contributed by atoms with van der Waals surface area (Å²) in [5.74, 6) is -2.24. The van der Waals surface area contributed by atoms with E-state index in [0.29, 0.717) is 13.0 Å². The van der Waals surface area contributed by atoms with Crippen LogP contribution in [0, 0.1) is 17.6 Å². The fraction of sp³-hybridized carbons (Fsp3) is 0.500. The highest BCUT2D eigenvalue weighted by Gasteiger charge is 2.28. The van der Waals surface area contributed by atoms with Gasteiger partial charge in [0.2, 0.25) is 0 Å². The molecule has 0 saturated carbocycles. The van der Waals surface area contributed by atoms with Crippen LogP contribution in [0.4, 0.5) is 14.5 Å². The summed E-state index contributed by atoms with van der Waals surface area (Å²) < 4.78 is 53.5. The lowest BCUT2D eigenvalue weighted by Gasteiger charge is -2.31. The van der Waals surface area contributed by atoms with Gasteiger partial charge in [0.25, 0.3) is 0 Å². The number of rotatable bonds is 4. The van der Waals surface area contributed by atoms with Crippen LogP contribution in [-0.4, -0.2) is 37.5 Å². The normalized spacial score (nSPS) is 20.9. The van der Waals surface area contributed by atoms with Gasteiger partial charge in [-0.3, -0.25) is 4.72 Å². The number of halogens is 2. The lowest BCUT2D eigenvalue weighted by molar-refractivity contribution is 0.166. The first-order valence-corrected chi connectivity index (χ1v) is 7.70. The molecule has 0 bridgehead atoms. The van der Waals surface area contributed by atoms with Crippen molar-refractivity contribution in [3.8, 4) is 0 Å². The second-order valence-corrected chi connectivity index (χ2v) is 6.46. The molecule has 0 amide bonds. The van der Waals surface area contributed by atoms with Gasteiger partial charge in [0.15, 0.2) is 11.6 Å². The Morgan fingerprint density at radius 2 is 2.10 bits per heavy atom. The van der Waals surface area contributed by atoms with Crippen LogP contribution in [0.25, 0.3) is 0 Å². The number of piperidine rings is 1. The van der Waals surface area contributed by atoms with Crippen molar-refractivity contribution in [3.63, 3.8) is 0 Å². The van der Waals surface area contributed by atoms with Crippen molar-refractivity contribution in [1.82, 2.24) is 4.31 Å². The number of aliphatic hydroxyl groups is 1. The Balaban J connectivity index is 2.12. The largest absolute Gasteiger partial charge is 0.396 e. The molecule has 2 rings (SSSR count). The molecule has 5 nitrogen and oxygen atoms in total. The Bertz CT molecular complexity index is 580. The minimum Gasteiger partial charge on any atom is -0.396 e. The van der Waals surface area contributed by atoms with E-state index in [-0.39, 0.29) is 24.8 Å². The molecular weight excluding hydrogens is 290 g/mol. The predicted molar refractivity (Wildman–Crippen MR) is 70.3 cm³/mol. The zero-order chi connectivity index (χ0) is 14.8.